The second-order valence-electron chi connectivity index (χ2n) is 4.65. The molecule has 0 spiro atoms. The molecule has 0 aliphatic rings. The highest BCUT2D eigenvalue weighted by atomic mass is 19.4. The third-order valence-corrected chi connectivity index (χ3v) is 3.27. The van der Waals surface area contributed by atoms with Crippen molar-refractivity contribution in [2.45, 2.75) is 18.6 Å². The van der Waals surface area contributed by atoms with Crippen LogP contribution in [-0.4, -0.2) is 7.05 Å². The molecule has 1 nitrogen and oxygen atoms in total. The molecule has 1 unspecified atom stereocenters. The molecule has 1 atom stereocenters. The van der Waals surface area contributed by atoms with E-state index < -0.39 is 11.7 Å². The Hall–Kier alpha value is -1.81. The molecule has 2 aromatic rings. The maximum atomic E-state index is 12.5. The largest absolute Gasteiger partial charge is 0.416 e. The summed E-state index contributed by atoms with van der Waals surface area (Å²) in [5.74, 6) is 0. The summed E-state index contributed by atoms with van der Waals surface area (Å²) >= 11 is 0. The van der Waals surface area contributed by atoms with Crippen LogP contribution < -0.4 is 5.32 Å². The summed E-state index contributed by atoms with van der Waals surface area (Å²) in [6, 6.07) is 15.2. The predicted molar refractivity (Wildman–Crippen MR) is 73.4 cm³/mol. The molecule has 0 aliphatic carbocycles. The van der Waals surface area contributed by atoms with Gasteiger partial charge in [0.2, 0.25) is 0 Å². The second-order valence-corrected chi connectivity index (χ2v) is 4.65. The first-order valence-electron chi connectivity index (χ1n) is 6.39. The molecule has 0 heterocycles. The SMILES string of the molecule is CNC(Cc1ccccc1)c1ccc(C(F)(F)F)cc1. The molecule has 0 saturated heterocycles. The minimum atomic E-state index is -4.28. The van der Waals surface area contributed by atoms with Crippen LogP contribution >= 0.6 is 0 Å². The fraction of sp³-hybridized carbons (Fsp3) is 0.250. The van der Waals surface area contributed by atoms with E-state index in [0.29, 0.717) is 0 Å². The van der Waals surface area contributed by atoms with E-state index in [1.807, 2.05) is 37.4 Å². The Morgan fingerprint density at radius 1 is 0.950 bits per heavy atom. The van der Waals surface area contributed by atoms with Crippen molar-refractivity contribution in [3.05, 3.63) is 71.3 Å². The fourth-order valence-corrected chi connectivity index (χ4v) is 2.14. The summed E-state index contributed by atoms with van der Waals surface area (Å²) in [5, 5.41) is 3.14. The van der Waals surface area contributed by atoms with Crippen molar-refractivity contribution >= 4 is 0 Å². The summed E-state index contributed by atoms with van der Waals surface area (Å²) in [6.45, 7) is 0. The summed E-state index contributed by atoms with van der Waals surface area (Å²) in [7, 11) is 1.81. The topological polar surface area (TPSA) is 12.0 Å². The maximum Gasteiger partial charge on any atom is 0.416 e. The van der Waals surface area contributed by atoms with E-state index in [2.05, 4.69) is 5.32 Å². The van der Waals surface area contributed by atoms with Gasteiger partial charge in [0.1, 0.15) is 0 Å². The number of hydrogen-bond donors (Lipinski definition) is 1. The van der Waals surface area contributed by atoms with Crippen LogP contribution in [0.5, 0.6) is 0 Å². The number of alkyl halides is 3. The van der Waals surface area contributed by atoms with Gasteiger partial charge in [-0.2, -0.15) is 13.2 Å². The van der Waals surface area contributed by atoms with Gasteiger partial charge < -0.3 is 5.32 Å². The molecule has 2 rings (SSSR count). The molecule has 0 bridgehead atoms. The van der Waals surface area contributed by atoms with Gasteiger partial charge in [0.15, 0.2) is 0 Å². The van der Waals surface area contributed by atoms with Crippen LogP contribution in [0.15, 0.2) is 54.6 Å². The third-order valence-electron chi connectivity index (χ3n) is 3.27. The summed E-state index contributed by atoms with van der Waals surface area (Å²) in [4.78, 5) is 0. The van der Waals surface area contributed by atoms with Crippen LogP contribution in [0.25, 0.3) is 0 Å². The Morgan fingerprint density at radius 2 is 1.55 bits per heavy atom. The van der Waals surface area contributed by atoms with Crippen molar-refractivity contribution in [2.24, 2.45) is 0 Å². The molecule has 0 saturated carbocycles. The molecule has 4 heteroatoms. The Bertz CT molecular complexity index is 532. The molecule has 0 aliphatic heterocycles. The van der Waals surface area contributed by atoms with Gasteiger partial charge in [0, 0.05) is 6.04 Å². The minimum absolute atomic E-state index is 0.000293. The van der Waals surface area contributed by atoms with Gasteiger partial charge in [0.25, 0.3) is 0 Å². The average molecular weight is 279 g/mol. The van der Waals surface area contributed by atoms with Crippen LogP contribution in [0.4, 0.5) is 13.2 Å². The lowest BCUT2D eigenvalue weighted by Gasteiger charge is -2.17. The van der Waals surface area contributed by atoms with Crippen LogP contribution in [0.1, 0.15) is 22.7 Å². The number of hydrogen-bond acceptors (Lipinski definition) is 1. The lowest BCUT2D eigenvalue weighted by Crippen LogP contribution is -2.19. The van der Waals surface area contributed by atoms with E-state index >= 15 is 0 Å². The van der Waals surface area contributed by atoms with Gasteiger partial charge in [-0.15, -0.1) is 0 Å². The number of benzene rings is 2. The molecule has 106 valence electrons. The van der Waals surface area contributed by atoms with Crippen LogP contribution in [0.3, 0.4) is 0 Å². The number of likely N-dealkylation sites (N-methyl/N-ethyl adjacent to an activating group) is 1. The molecule has 0 fully saturated rings. The number of halogens is 3. The molecule has 20 heavy (non-hydrogen) atoms. The fourth-order valence-electron chi connectivity index (χ4n) is 2.14. The minimum Gasteiger partial charge on any atom is -0.313 e. The van der Waals surface area contributed by atoms with E-state index in [1.54, 1.807) is 0 Å². The standard InChI is InChI=1S/C16H16F3N/c1-20-15(11-12-5-3-2-4-6-12)13-7-9-14(10-8-13)16(17,18)19/h2-10,15,20H,11H2,1H3. The van der Waals surface area contributed by atoms with Crippen molar-refractivity contribution in [1.29, 1.82) is 0 Å². The zero-order valence-electron chi connectivity index (χ0n) is 11.1. The van der Waals surface area contributed by atoms with E-state index in [1.165, 1.54) is 12.1 Å². The molecular weight excluding hydrogens is 263 g/mol. The van der Waals surface area contributed by atoms with Crippen LogP contribution in [-0.2, 0) is 12.6 Å². The Balaban J connectivity index is 2.16. The number of nitrogens with one attached hydrogen (secondary N) is 1. The highest BCUT2D eigenvalue weighted by Gasteiger charge is 2.30. The van der Waals surface area contributed by atoms with Crippen molar-refractivity contribution in [2.75, 3.05) is 7.05 Å². The molecule has 0 radical (unpaired) electrons. The first kappa shape index (κ1) is 14.6. The van der Waals surface area contributed by atoms with Gasteiger partial charge in [-0.05, 0) is 36.7 Å². The normalized spacial score (nSPS) is 13.2. The van der Waals surface area contributed by atoms with Crippen molar-refractivity contribution in [3.63, 3.8) is 0 Å². The molecule has 1 N–H and O–H groups in total. The van der Waals surface area contributed by atoms with Crippen molar-refractivity contribution < 1.29 is 13.2 Å². The molecular formula is C16H16F3N. The lowest BCUT2D eigenvalue weighted by atomic mass is 9.98. The Morgan fingerprint density at radius 3 is 2.05 bits per heavy atom. The maximum absolute atomic E-state index is 12.5. The van der Waals surface area contributed by atoms with E-state index in [-0.39, 0.29) is 6.04 Å². The van der Waals surface area contributed by atoms with Gasteiger partial charge >= 0.3 is 6.18 Å². The zero-order valence-corrected chi connectivity index (χ0v) is 11.1. The van der Waals surface area contributed by atoms with Crippen molar-refractivity contribution in [1.82, 2.24) is 5.32 Å². The third kappa shape index (κ3) is 3.61. The first-order chi connectivity index (χ1) is 9.50. The van der Waals surface area contributed by atoms with Gasteiger partial charge in [-0.3, -0.25) is 0 Å². The zero-order chi connectivity index (χ0) is 14.6. The van der Waals surface area contributed by atoms with Crippen LogP contribution in [0.2, 0.25) is 0 Å². The first-order valence-corrected chi connectivity index (χ1v) is 6.39. The highest BCUT2D eigenvalue weighted by molar-refractivity contribution is 5.28. The predicted octanol–water partition coefficient (Wildman–Crippen LogP) is 4.21. The average Bonchev–Trinajstić information content (AvgIpc) is 2.45. The van der Waals surface area contributed by atoms with Gasteiger partial charge in [0.05, 0.1) is 5.56 Å². The smallest absolute Gasteiger partial charge is 0.313 e. The van der Waals surface area contributed by atoms with Crippen molar-refractivity contribution in [3.8, 4) is 0 Å². The molecule has 2 aromatic carbocycles. The Labute approximate surface area is 116 Å². The van der Waals surface area contributed by atoms with Gasteiger partial charge in [-0.1, -0.05) is 42.5 Å². The molecule has 0 aromatic heterocycles. The number of rotatable bonds is 4. The van der Waals surface area contributed by atoms with E-state index in [0.717, 1.165) is 29.7 Å². The quantitative estimate of drug-likeness (QED) is 0.884. The van der Waals surface area contributed by atoms with Gasteiger partial charge in [-0.25, -0.2) is 0 Å². The monoisotopic (exact) mass is 279 g/mol. The van der Waals surface area contributed by atoms with E-state index in [9.17, 15) is 13.2 Å². The summed E-state index contributed by atoms with van der Waals surface area (Å²) in [6.07, 6.45) is -3.55. The second kappa shape index (κ2) is 6.09. The highest BCUT2D eigenvalue weighted by Crippen LogP contribution is 2.30. The molecule has 0 amide bonds. The summed E-state index contributed by atoms with van der Waals surface area (Å²) < 4.78 is 37.6. The van der Waals surface area contributed by atoms with Crippen LogP contribution in [0, 0.1) is 0 Å². The lowest BCUT2D eigenvalue weighted by molar-refractivity contribution is -0.137. The Kier molecular flexibility index (Phi) is 4.45. The van der Waals surface area contributed by atoms with E-state index in [4.69, 9.17) is 0 Å². The summed E-state index contributed by atoms with van der Waals surface area (Å²) in [5.41, 5.74) is 1.38.